The van der Waals surface area contributed by atoms with Crippen LogP contribution >= 0.6 is 0 Å². The van der Waals surface area contributed by atoms with Gasteiger partial charge in [0.15, 0.2) is 0 Å². The van der Waals surface area contributed by atoms with E-state index in [9.17, 15) is 4.79 Å². The summed E-state index contributed by atoms with van der Waals surface area (Å²) in [6.07, 6.45) is 7.01. The minimum atomic E-state index is -0.562. The van der Waals surface area contributed by atoms with Gasteiger partial charge in [-0.15, -0.1) is 0 Å². The molecule has 1 unspecified atom stereocenters. The van der Waals surface area contributed by atoms with Gasteiger partial charge in [-0.25, -0.2) is 5.48 Å². The number of carbonyl (C=O) groups excluding carboxylic acids is 1. The predicted molar refractivity (Wildman–Crippen MR) is 75.6 cm³/mol. The standard InChI is InChI=1S/C15H19NO4/c1-19-13-10-8-12(9-11-13)14(20-2)6-4-3-5-7-15(17)16-18/h3-5,7-11,14,18H,6H2,1-2H3,(H,16,17). The maximum absolute atomic E-state index is 10.7. The number of carbonyl (C=O) groups is 1. The molecule has 108 valence electrons. The van der Waals surface area contributed by atoms with Gasteiger partial charge in [0.05, 0.1) is 13.2 Å². The van der Waals surface area contributed by atoms with E-state index in [0.29, 0.717) is 6.42 Å². The Morgan fingerprint density at radius 3 is 2.55 bits per heavy atom. The topological polar surface area (TPSA) is 67.8 Å². The van der Waals surface area contributed by atoms with Crippen molar-refractivity contribution in [1.82, 2.24) is 5.48 Å². The van der Waals surface area contributed by atoms with Crippen molar-refractivity contribution in [2.45, 2.75) is 12.5 Å². The van der Waals surface area contributed by atoms with Gasteiger partial charge in [-0.05, 0) is 24.1 Å². The number of nitrogens with one attached hydrogen (secondary N) is 1. The average Bonchev–Trinajstić information content (AvgIpc) is 2.50. The molecule has 0 radical (unpaired) electrons. The van der Waals surface area contributed by atoms with Crippen LogP contribution in [0.2, 0.25) is 0 Å². The highest BCUT2D eigenvalue weighted by atomic mass is 16.5. The quantitative estimate of drug-likeness (QED) is 0.347. The first-order valence-corrected chi connectivity index (χ1v) is 6.15. The Labute approximate surface area is 118 Å². The number of hydroxylamine groups is 1. The summed E-state index contributed by atoms with van der Waals surface area (Å²) in [6, 6.07) is 7.68. The molecule has 1 rings (SSSR count). The van der Waals surface area contributed by atoms with Crippen LogP contribution < -0.4 is 10.2 Å². The van der Waals surface area contributed by atoms with Gasteiger partial charge in [0, 0.05) is 13.2 Å². The highest BCUT2D eigenvalue weighted by Crippen LogP contribution is 2.23. The van der Waals surface area contributed by atoms with Crippen molar-refractivity contribution in [3.8, 4) is 5.75 Å². The Bertz CT molecular complexity index is 465. The van der Waals surface area contributed by atoms with Crippen molar-refractivity contribution in [2.75, 3.05) is 14.2 Å². The van der Waals surface area contributed by atoms with E-state index in [1.807, 2.05) is 30.3 Å². The summed E-state index contributed by atoms with van der Waals surface area (Å²) in [5.74, 6) is 0.241. The molecule has 0 aromatic heterocycles. The summed E-state index contributed by atoms with van der Waals surface area (Å²) in [4.78, 5) is 10.7. The third kappa shape index (κ3) is 5.26. The van der Waals surface area contributed by atoms with Crippen molar-refractivity contribution in [3.63, 3.8) is 0 Å². The minimum Gasteiger partial charge on any atom is -0.497 e. The van der Waals surface area contributed by atoms with Crippen LogP contribution in [0.25, 0.3) is 0 Å². The first-order valence-electron chi connectivity index (χ1n) is 6.15. The fraction of sp³-hybridized carbons (Fsp3) is 0.267. The van der Waals surface area contributed by atoms with Gasteiger partial charge in [-0.2, -0.15) is 0 Å². The van der Waals surface area contributed by atoms with Crippen molar-refractivity contribution in [1.29, 1.82) is 0 Å². The monoisotopic (exact) mass is 277 g/mol. The SMILES string of the molecule is COc1ccc(C(CC=CC=CC(=O)NO)OC)cc1. The highest BCUT2D eigenvalue weighted by Gasteiger charge is 2.08. The minimum absolute atomic E-state index is 0.0581. The maximum Gasteiger partial charge on any atom is 0.267 e. The van der Waals surface area contributed by atoms with Crippen molar-refractivity contribution in [3.05, 3.63) is 54.1 Å². The number of hydrogen-bond acceptors (Lipinski definition) is 4. The molecule has 1 aromatic rings. The molecule has 0 fully saturated rings. The fourth-order valence-electron chi connectivity index (χ4n) is 1.65. The van der Waals surface area contributed by atoms with E-state index in [1.165, 1.54) is 11.6 Å². The van der Waals surface area contributed by atoms with Crippen LogP contribution in [0.1, 0.15) is 18.1 Å². The zero-order valence-corrected chi connectivity index (χ0v) is 11.6. The second-order valence-electron chi connectivity index (χ2n) is 4.00. The Morgan fingerprint density at radius 1 is 1.30 bits per heavy atom. The van der Waals surface area contributed by atoms with Crippen LogP contribution in [-0.2, 0) is 9.53 Å². The molecular formula is C15H19NO4. The van der Waals surface area contributed by atoms with E-state index >= 15 is 0 Å². The van der Waals surface area contributed by atoms with Crippen molar-refractivity contribution < 1.29 is 19.5 Å². The molecule has 5 nitrogen and oxygen atoms in total. The van der Waals surface area contributed by atoms with E-state index in [4.69, 9.17) is 14.7 Å². The second-order valence-corrected chi connectivity index (χ2v) is 4.00. The van der Waals surface area contributed by atoms with Crippen molar-refractivity contribution in [2.24, 2.45) is 0 Å². The third-order valence-electron chi connectivity index (χ3n) is 2.73. The Morgan fingerprint density at radius 2 is 2.00 bits per heavy atom. The van der Waals surface area contributed by atoms with Crippen molar-refractivity contribution >= 4 is 5.91 Å². The smallest absolute Gasteiger partial charge is 0.267 e. The molecule has 20 heavy (non-hydrogen) atoms. The van der Waals surface area contributed by atoms with Crippen LogP contribution in [0.4, 0.5) is 0 Å². The summed E-state index contributed by atoms with van der Waals surface area (Å²) in [5.41, 5.74) is 2.57. The molecule has 0 bridgehead atoms. The number of allylic oxidation sites excluding steroid dienone is 2. The number of benzene rings is 1. The van der Waals surface area contributed by atoms with Gasteiger partial charge in [0.25, 0.3) is 5.91 Å². The lowest BCUT2D eigenvalue weighted by Crippen LogP contribution is -2.14. The molecule has 0 aliphatic heterocycles. The van der Waals surface area contributed by atoms with Gasteiger partial charge in [-0.3, -0.25) is 10.0 Å². The molecule has 1 aromatic carbocycles. The highest BCUT2D eigenvalue weighted by molar-refractivity contribution is 5.86. The zero-order valence-electron chi connectivity index (χ0n) is 11.6. The van der Waals surface area contributed by atoms with Crippen LogP contribution in [0.5, 0.6) is 5.75 Å². The molecule has 0 saturated heterocycles. The predicted octanol–water partition coefficient (Wildman–Crippen LogP) is 2.39. The molecule has 0 aliphatic carbocycles. The maximum atomic E-state index is 10.7. The Kier molecular flexibility index (Phi) is 7.10. The number of rotatable bonds is 7. The van der Waals surface area contributed by atoms with E-state index in [1.54, 1.807) is 26.4 Å². The van der Waals surface area contributed by atoms with Gasteiger partial charge in [-0.1, -0.05) is 30.4 Å². The summed E-state index contributed by atoms with van der Waals surface area (Å²) in [6.45, 7) is 0. The molecule has 0 saturated carbocycles. The third-order valence-corrected chi connectivity index (χ3v) is 2.73. The van der Waals surface area contributed by atoms with E-state index in [0.717, 1.165) is 11.3 Å². The molecule has 2 N–H and O–H groups in total. The Balaban J connectivity index is 2.56. The lowest BCUT2D eigenvalue weighted by molar-refractivity contribution is -0.124. The summed E-state index contributed by atoms with van der Waals surface area (Å²) in [5, 5.41) is 8.30. The van der Waals surface area contributed by atoms with Gasteiger partial charge in [0.1, 0.15) is 5.75 Å². The number of methoxy groups -OCH3 is 2. The van der Waals surface area contributed by atoms with Crippen LogP contribution in [0.15, 0.2) is 48.6 Å². The lowest BCUT2D eigenvalue weighted by Gasteiger charge is -2.14. The molecular weight excluding hydrogens is 258 g/mol. The van der Waals surface area contributed by atoms with Crippen LogP contribution in [-0.4, -0.2) is 25.3 Å². The summed E-state index contributed by atoms with van der Waals surface area (Å²) >= 11 is 0. The fourth-order valence-corrected chi connectivity index (χ4v) is 1.65. The van der Waals surface area contributed by atoms with E-state index < -0.39 is 5.91 Å². The lowest BCUT2D eigenvalue weighted by atomic mass is 10.1. The molecule has 5 heteroatoms. The number of amides is 1. The molecule has 0 heterocycles. The second kappa shape index (κ2) is 8.90. The van der Waals surface area contributed by atoms with E-state index in [2.05, 4.69) is 0 Å². The summed E-state index contributed by atoms with van der Waals surface area (Å²) < 4.78 is 10.5. The van der Waals surface area contributed by atoms with E-state index in [-0.39, 0.29) is 6.10 Å². The Hall–Kier alpha value is -2.11. The molecule has 1 amide bonds. The van der Waals surface area contributed by atoms with Gasteiger partial charge in [0.2, 0.25) is 0 Å². The number of hydrogen-bond donors (Lipinski definition) is 2. The zero-order chi connectivity index (χ0) is 14.8. The van der Waals surface area contributed by atoms with Crippen LogP contribution in [0, 0.1) is 0 Å². The van der Waals surface area contributed by atoms with Crippen LogP contribution in [0.3, 0.4) is 0 Å². The largest absolute Gasteiger partial charge is 0.497 e. The van der Waals surface area contributed by atoms with Gasteiger partial charge >= 0.3 is 0 Å². The number of ether oxygens (including phenoxy) is 2. The normalized spacial score (nSPS) is 12.8. The van der Waals surface area contributed by atoms with Gasteiger partial charge < -0.3 is 9.47 Å². The average molecular weight is 277 g/mol. The molecule has 1 atom stereocenters. The summed E-state index contributed by atoms with van der Waals surface area (Å²) in [7, 11) is 3.28. The molecule has 0 spiro atoms. The first-order chi connectivity index (χ1) is 9.71. The first kappa shape index (κ1) is 15.9. The molecule has 0 aliphatic rings.